The number of amides is 1. The van der Waals surface area contributed by atoms with Gasteiger partial charge in [0.15, 0.2) is 0 Å². The van der Waals surface area contributed by atoms with Crippen molar-refractivity contribution < 1.29 is 18.7 Å². The number of thiophene rings is 1. The van der Waals surface area contributed by atoms with Crippen molar-refractivity contribution in [1.29, 1.82) is 0 Å². The van der Waals surface area contributed by atoms with Crippen LogP contribution in [-0.2, 0) is 4.74 Å². The standard InChI is InChI=1S/C22H16ClNO5S/c23-18-14-7-2-4-9-17(14)30-19(18)22(27)28-11-5-10-24-20(25)15-12-13-6-1-3-8-16(13)29-21(15)26/h1-4,6-9,12H,5,10-11H2,(H,24,25). The molecule has 0 fully saturated rings. The molecule has 6 nitrogen and oxygen atoms in total. The number of hydrogen-bond donors (Lipinski definition) is 1. The molecular weight excluding hydrogens is 426 g/mol. The van der Waals surface area contributed by atoms with Gasteiger partial charge in [-0.25, -0.2) is 9.59 Å². The molecule has 0 atom stereocenters. The van der Waals surface area contributed by atoms with Crippen LogP contribution in [0.5, 0.6) is 0 Å². The Morgan fingerprint density at radius 3 is 2.70 bits per heavy atom. The summed E-state index contributed by atoms with van der Waals surface area (Å²) in [5.41, 5.74) is -0.342. The van der Waals surface area contributed by atoms with Gasteiger partial charge in [0.25, 0.3) is 5.91 Å². The highest BCUT2D eigenvalue weighted by Gasteiger charge is 2.18. The summed E-state index contributed by atoms with van der Waals surface area (Å²) < 4.78 is 11.3. The Bertz CT molecular complexity index is 1310. The largest absolute Gasteiger partial charge is 0.461 e. The highest BCUT2D eigenvalue weighted by molar-refractivity contribution is 7.21. The van der Waals surface area contributed by atoms with E-state index in [1.54, 1.807) is 24.3 Å². The number of para-hydroxylation sites is 1. The van der Waals surface area contributed by atoms with Crippen molar-refractivity contribution >= 4 is 55.9 Å². The number of nitrogens with one attached hydrogen (secondary N) is 1. The lowest BCUT2D eigenvalue weighted by Gasteiger charge is -2.06. The van der Waals surface area contributed by atoms with E-state index in [9.17, 15) is 14.4 Å². The summed E-state index contributed by atoms with van der Waals surface area (Å²) in [6.07, 6.45) is 0.388. The van der Waals surface area contributed by atoms with E-state index < -0.39 is 17.5 Å². The van der Waals surface area contributed by atoms with Gasteiger partial charge in [-0.05, 0) is 24.6 Å². The van der Waals surface area contributed by atoms with Crippen LogP contribution in [-0.4, -0.2) is 25.0 Å². The molecule has 8 heteroatoms. The van der Waals surface area contributed by atoms with Gasteiger partial charge in [-0.1, -0.05) is 48.0 Å². The minimum atomic E-state index is -0.697. The third-order valence-corrected chi connectivity index (χ3v) is 6.10. The van der Waals surface area contributed by atoms with E-state index in [0.717, 1.165) is 10.1 Å². The maximum Gasteiger partial charge on any atom is 0.349 e. The number of rotatable bonds is 6. The molecule has 0 aliphatic heterocycles. The molecule has 2 aromatic heterocycles. The average Bonchev–Trinajstić information content (AvgIpc) is 3.09. The highest BCUT2D eigenvalue weighted by Crippen LogP contribution is 2.35. The molecule has 0 unspecified atom stereocenters. The van der Waals surface area contributed by atoms with Gasteiger partial charge < -0.3 is 14.5 Å². The predicted molar refractivity (Wildman–Crippen MR) is 117 cm³/mol. The van der Waals surface area contributed by atoms with Crippen LogP contribution < -0.4 is 10.9 Å². The molecule has 0 saturated heterocycles. The van der Waals surface area contributed by atoms with Crippen LogP contribution in [0.25, 0.3) is 21.1 Å². The summed E-state index contributed by atoms with van der Waals surface area (Å²) >= 11 is 7.55. The fourth-order valence-corrected chi connectivity index (χ4v) is 4.37. The minimum absolute atomic E-state index is 0.0669. The summed E-state index contributed by atoms with van der Waals surface area (Å²) in [5, 5.41) is 4.50. The molecule has 0 radical (unpaired) electrons. The highest BCUT2D eigenvalue weighted by atomic mass is 35.5. The zero-order valence-electron chi connectivity index (χ0n) is 15.6. The number of hydrogen-bond acceptors (Lipinski definition) is 6. The van der Waals surface area contributed by atoms with Crippen LogP contribution in [0.1, 0.15) is 26.5 Å². The van der Waals surface area contributed by atoms with Gasteiger partial charge in [-0.15, -0.1) is 11.3 Å². The van der Waals surface area contributed by atoms with Gasteiger partial charge >= 0.3 is 11.6 Å². The molecule has 4 rings (SSSR count). The van der Waals surface area contributed by atoms with Gasteiger partial charge in [-0.3, -0.25) is 4.79 Å². The molecule has 1 amide bonds. The van der Waals surface area contributed by atoms with Crippen molar-refractivity contribution in [3.63, 3.8) is 0 Å². The van der Waals surface area contributed by atoms with E-state index in [-0.39, 0.29) is 18.7 Å². The molecule has 30 heavy (non-hydrogen) atoms. The van der Waals surface area contributed by atoms with E-state index in [0.29, 0.717) is 27.3 Å². The topological polar surface area (TPSA) is 85.6 Å². The Balaban J connectivity index is 1.30. The van der Waals surface area contributed by atoms with Crippen molar-refractivity contribution in [2.45, 2.75) is 6.42 Å². The Morgan fingerprint density at radius 2 is 1.87 bits per heavy atom. The van der Waals surface area contributed by atoms with Crippen LogP contribution in [0, 0.1) is 0 Å². The molecule has 4 aromatic rings. The first-order valence-electron chi connectivity index (χ1n) is 9.20. The number of halogens is 1. The molecule has 0 aliphatic carbocycles. The first-order valence-corrected chi connectivity index (χ1v) is 10.4. The second-order valence-electron chi connectivity index (χ2n) is 6.47. The maximum absolute atomic E-state index is 12.3. The quantitative estimate of drug-likeness (QED) is 0.267. The maximum atomic E-state index is 12.3. The number of esters is 1. The Labute approximate surface area is 180 Å². The number of fused-ring (bicyclic) bond motifs is 2. The summed E-state index contributed by atoms with van der Waals surface area (Å²) in [5.74, 6) is -1.03. The monoisotopic (exact) mass is 441 g/mol. The van der Waals surface area contributed by atoms with Crippen molar-refractivity contribution in [1.82, 2.24) is 5.32 Å². The lowest BCUT2D eigenvalue weighted by molar-refractivity contribution is 0.0507. The van der Waals surface area contributed by atoms with E-state index >= 15 is 0 Å². The van der Waals surface area contributed by atoms with Crippen LogP contribution in [0.2, 0.25) is 5.02 Å². The second kappa shape index (κ2) is 8.69. The molecule has 152 valence electrons. The van der Waals surface area contributed by atoms with Crippen molar-refractivity contribution in [2.75, 3.05) is 13.2 Å². The molecule has 2 heterocycles. The third-order valence-electron chi connectivity index (χ3n) is 4.45. The summed E-state index contributed by atoms with van der Waals surface area (Å²) in [6.45, 7) is 0.342. The number of benzene rings is 2. The Morgan fingerprint density at radius 1 is 1.10 bits per heavy atom. The number of ether oxygens (including phenoxy) is 1. The van der Waals surface area contributed by atoms with Gasteiger partial charge in [0, 0.05) is 22.0 Å². The first kappa shape index (κ1) is 20.1. The number of carbonyl (C=O) groups is 2. The molecule has 0 aliphatic rings. The van der Waals surface area contributed by atoms with Crippen molar-refractivity contribution in [2.24, 2.45) is 0 Å². The Kier molecular flexibility index (Phi) is 5.83. The summed E-state index contributed by atoms with van der Waals surface area (Å²) in [6, 6.07) is 15.9. The van der Waals surface area contributed by atoms with Crippen molar-refractivity contribution in [3.05, 3.63) is 80.5 Å². The van der Waals surface area contributed by atoms with Gasteiger partial charge in [0.1, 0.15) is 16.0 Å². The van der Waals surface area contributed by atoms with Crippen LogP contribution >= 0.6 is 22.9 Å². The van der Waals surface area contributed by atoms with Crippen molar-refractivity contribution in [3.8, 4) is 0 Å². The molecular formula is C22H16ClNO5S. The third kappa shape index (κ3) is 4.08. The molecule has 1 N–H and O–H groups in total. The fraction of sp³-hybridized carbons (Fsp3) is 0.136. The van der Waals surface area contributed by atoms with E-state index in [2.05, 4.69) is 5.32 Å². The fourth-order valence-electron chi connectivity index (χ4n) is 2.97. The average molecular weight is 442 g/mol. The van der Waals surface area contributed by atoms with Gasteiger partial charge in [-0.2, -0.15) is 0 Å². The minimum Gasteiger partial charge on any atom is -0.461 e. The lowest BCUT2D eigenvalue weighted by atomic mass is 10.2. The molecule has 0 bridgehead atoms. The zero-order chi connectivity index (χ0) is 21.1. The SMILES string of the molecule is O=C(OCCCNC(=O)c1cc2ccccc2oc1=O)c1sc2ccccc2c1Cl. The smallest absolute Gasteiger partial charge is 0.349 e. The van der Waals surface area contributed by atoms with Gasteiger partial charge in [0.2, 0.25) is 0 Å². The number of carbonyl (C=O) groups excluding carboxylic acids is 2. The van der Waals surface area contributed by atoms with Crippen LogP contribution in [0.4, 0.5) is 0 Å². The van der Waals surface area contributed by atoms with Crippen LogP contribution in [0.15, 0.2) is 63.8 Å². The van der Waals surface area contributed by atoms with E-state index in [1.165, 1.54) is 17.4 Å². The molecule has 0 saturated carbocycles. The normalized spacial score (nSPS) is 11.0. The van der Waals surface area contributed by atoms with Gasteiger partial charge in [0.05, 0.1) is 11.6 Å². The van der Waals surface area contributed by atoms with E-state index in [1.807, 2.05) is 24.3 Å². The lowest BCUT2D eigenvalue weighted by Crippen LogP contribution is -2.29. The molecule has 2 aromatic carbocycles. The Hall–Kier alpha value is -3.16. The summed E-state index contributed by atoms with van der Waals surface area (Å²) in [7, 11) is 0. The predicted octanol–water partition coefficient (Wildman–Crippen LogP) is 4.64. The molecule has 0 spiro atoms. The summed E-state index contributed by atoms with van der Waals surface area (Å²) in [4.78, 5) is 36.9. The van der Waals surface area contributed by atoms with Crippen LogP contribution in [0.3, 0.4) is 0 Å². The zero-order valence-corrected chi connectivity index (χ0v) is 17.2. The first-order chi connectivity index (χ1) is 14.5. The second-order valence-corrected chi connectivity index (χ2v) is 7.90. The van der Waals surface area contributed by atoms with E-state index in [4.69, 9.17) is 20.8 Å².